The Bertz CT molecular complexity index is 367. The van der Waals surface area contributed by atoms with Crippen LogP contribution in [0, 0.1) is 0 Å². The first-order valence-electron chi connectivity index (χ1n) is 6.66. The molecule has 0 fully saturated rings. The number of hydrogen-bond acceptors (Lipinski definition) is 3. The molecule has 1 aromatic carbocycles. The van der Waals surface area contributed by atoms with Crippen LogP contribution in [0.1, 0.15) is 31.2 Å². The highest BCUT2D eigenvalue weighted by Gasteiger charge is 2.11. The summed E-state index contributed by atoms with van der Waals surface area (Å²) in [7, 11) is 3.03. The van der Waals surface area contributed by atoms with Crippen molar-refractivity contribution in [2.24, 2.45) is 0 Å². The van der Waals surface area contributed by atoms with Crippen molar-refractivity contribution >= 4 is 5.91 Å². The summed E-state index contributed by atoms with van der Waals surface area (Å²) in [6.45, 7) is 0. The maximum absolute atomic E-state index is 11.5. The van der Waals surface area contributed by atoms with Gasteiger partial charge in [0.15, 0.2) is 0 Å². The van der Waals surface area contributed by atoms with Crippen molar-refractivity contribution in [1.82, 2.24) is 5.06 Å². The van der Waals surface area contributed by atoms with Gasteiger partial charge in [-0.2, -0.15) is 0 Å². The monoisotopic (exact) mass is 265 g/mol. The molecule has 1 amide bonds. The molecule has 0 radical (unpaired) electrons. The van der Waals surface area contributed by atoms with Crippen molar-refractivity contribution in [2.75, 3.05) is 14.2 Å². The van der Waals surface area contributed by atoms with Crippen LogP contribution in [0.5, 0.6) is 0 Å². The lowest BCUT2D eigenvalue weighted by molar-refractivity contribution is -0.169. The zero-order chi connectivity index (χ0) is 14.1. The first-order chi connectivity index (χ1) is 9.13. The zero-order valence-electron chi connectivity index (χ0n) is 11.7. The summed E-state index contributed by atoms with van der Waals surface area (Å²) in [5.41, 5.74) is 1.28. The third kappa shape index (κ3) is 6.36. The lowest BCUT2D eigenvalue weighted by atomic mass is 10.0. The number of aliphatic hydroxyl groups excluding tert-OH is 1. The summed E-state index contributed by atoms with van der Waals surface area (Å²) in [6, 6.07) is 10.2. The largest absolute Gasteiger partial charge is 0.393 e. The summed E-state index contributed by atoms with van der Waals surface area (Å²) in [5, 5.41) is 11.0. The molecule has 1 aromatic rings. The van der Waals surface area contributed by atoms with Crippen LogP contribution >= 0.6 is 0 Å². The van der Waals surface area contributed by atoms with E-state index in [9.17, 15) is 9.90 Å². The quantitative estimate of drug-likeness (QED) is 0.733. The molecule has 0 aromatic heterocycles. The molecular weight excluding hydrogens is 242 g/mol. The van der Waals surface area contributed by atoms with E-state index in [1.165, 1.54) is 17.7 Å². The Morgan fingerprint density at radius 2 is 2.00 bits per heavy atom. The first kappa shape index (κ1) is 15.7. The average molecular weight is 265 g/mol. The van der Waals surface area contributed by atoms with Crippen LogP contribution < -0.4 is 0 Å². The van der Waals surface area contributed by atoms with Gasteiger partial charge in [-0.15, -0.1) is 0 Å². The van der Waals surface area contributed by atoms with E-state index in [4.69, 9.17) is 4.84 Å². The first-order valence-corrected chi connectivity index (χ1v) is 6.66. The highest BCUT2D eigenvalue weighted by Crippen LogP contribution is 2.10. The van der Waals surface area contributed by atoms with Gasteiger partial charge in [0, 0.05) is 13.5 Å². The van der Waals surface area contributed by atoms with Crippen molar-refractivity contribution in [2.45, 2.75) is 38.2 Å². The average Bonchev–Trinajstić information content (AvgIpc) is 2.45. The second-order valence-electron chi connectivity index (χ2n) is 4.64. The van der Waals surface area contributed by atoms with Crippen molar-refractivity contribution in [1.29, 1.82) is 0 Å². The Hall–Kier alpha value is -1.39. The van der Waals surface area contributed by atoms with Gasteiger partial charge in [0.25, 0.3) is 0 Å². The van der Waals surface area contributed by atoms with Gasteiger partial charge in [0.2, 0.25) is 5.91 Å². The zero-order valence-corrected chi connectivity index (χ0v) is 11.7. The molecule has 0 heterocycles. The lowest BCUT2D eigenvalue weighted by Crippen LogP contribution is -2.26. The fourth-order valence-corrected chi connectivity index (χ4v) is 1.88. The van der Waals surface area contributed by atoms with Gasteiger partial charge in [0.05, 0.1) is 13.2 Å². The number of carbonyl (C=O) groups excluding carboxylic acids is 1. The molecule has 0 aliphatic carbocycles. The van der Waals surface area contributed by atoms with Gasteiger partial charge < -0.3 is 5.11 Å². The van der Waals surface area contributed by atoms with E-state index in [1.807, 2.05) is 18.2 Å². The maximum atomic E-state index is 11.5. The van der Waals surface area contributed by atoms with Crippen molar-refractivity contribution in [3.05, 3.63) is 35.9 Å². The van der Waals surface area contributed by atoms with E-state index in [2.05, 4.69) is 12.1 Å². The number of carbonyl (C=O) groups is 1. The third-order valence-electron chi connectivity index (χ3n) is 3.16. The fraction of sp³-hybridized carbons (Fsp3) is 0.533. The molecule has 4 nitrogen and oxygen atoms in total. The smallest absolute Gasteiger partial charge is 0.245 e. The molecule has 0 saturated heterocycles. The van der Waals surface area contributed by atoms with E-state index in [0.29, 0.717) is 12.8 Å². The van der Waals surface area contributed by atoms with Gasteiger partial charge in [-0.1, -0.05) is 30.3 Å². The van der Waals surface area contributed by atoms with Gasteiger partial charge in [-0.25, -0.2) is 5.06 Å². The number of nitrogens with zero attached hydrogens (tertiary/aromatic N) is 1. The van der Waals surface area contributed by atoms with Crippen LogP contribution in [-0.2, 0) is 16.1 Å². The standard InChI is InChI=1S/C15H23NO3/c1-16(19-2)15(18)12-11-14(17)10-6-9-13-7-4-3-5-8-13/h3-5,7-8,14,17H,6,9-12H2,1-2H3/t14-/m0/s1. The van der Waals surface area contributed by atoms with Gasteiger partial charge in [-0.3, -0.25) is 9.63 Å². The van der Waals surface area contributed by atoms with Crippen molar-refractivity contribution in [3.8, 4) is 0 Å². The highest BCUT2D eigenvalue weighted by atomic mass is 16.7. The number of rotatable bonds is 8. The minimum absolute atomic E-state index is 0.107. The summed E-state index contributed by atoms with van der Waals surface area (Å²) in [6.07, 6.45) is 3.00. The van der Waals surface area contributed by atoms with Crippen LogP contribution in [0.15, 0.2) is 30.3 Å². The Morgan fingerprint density at radius 1 is 1.32 bits per heavy atom. The van der Waals surface area contributed by atoms with Crippen LogP contribution in [0.2, 0.25) is 0 Å². The Morgan fingerprint density at radius 3 is 2.63 bits per heavy atom. The Kier molecular flexibility index (Phi) is 7.15. The summed E-state index contributed by atoms with van der Waals surface area (Å²) >= 11 is 0. The Balaban J connectivity index is 2.14. The van der Waals surface area contributed by atoms with E-state index in [0.717, 1.165) is 19.3 Å². The molecule has 1 N–H and O–H groups in total. The predicted molar refractivity (Wildman–Crippen MR) is 74.4 cm³/mol. The van der Waals surface area contributed by atoms with Crippen LogP contribution in [-0.4, -0.2) is 36.3 Å². The normalized spacial score (nSPS) is 12.2. The predicted octanol–water partition coefficient (Wildman–Crippen LogP) is 2.17. The van der Waals surface area contributed by atoms with E-state index in [-0.39, 0.29) is 5.91 Å². The Labute approximate surface area is 114 Å². The minimum atomic E-state index is -0.419. The number of hydrogen-bond donors (Lipinski definition) is 1. The van der Waals surface area contributed by atoms with Gasteiger partial charge in [-0.05, 0) is 31.2 Å². The molecule has 0 bridgehead atoms. The molecule has 0 spiro atoms. The van der Waals surface area contributed by atoms with Gasteiger partial charge in [0.1, 0.15) is 0 Å². The maximum Gasteiger partial charge on any atom is 0.245 e. The van der Waals surface area contributed by atoms with Gasteiger partial charge >= 0.3 is 0 Å². The van der Waals surface area contributed by atoms with Crippen LogP contribution in [0.3, 0.4) is 0 Å². The highest BCUT2D eigenvalue weighted by molar-refractivity contribution is 5.74. The minimum Gasteiger partial charge on any atom is -0.393 e. The molecule has 1 atom stereocenters. The second kappa shape index (κ2) is 8.67. The van der Waals surface area contributed by atoms with E-state index >= 15 is 0 Å². The number of hydroxylamine groups is 2. The van der Waals surface area contributed by atoms with E-state index < -0.39 is 6.10 Å². The molecule has 19 heavy (non-hydrogen) atoms. The van der Waals surface area contributed by atoms with Crippen LogP contribution in [0.25, 0.3) is 0 Å². The molecular formula is C15H23NO3. The topological polar surface area (TPSA) is 49.8 Å². The third-order valence-corrected chi connectivity index (χ3v) is 3.16. The van der Waals surface area contributed by atoms with Crippen molar-refractivity contribution in [3.63, 3.8) is 0 Å². The summed E-state index contributed by atoms with van der Waals surface area (Å²) < 4.78 is 0. The SMILES string of the molecule is CON(C)C(=O)CC[C@@H](O)CCCc1ccccc1. The molecule has 0 aliphatic heterocycles. The molecule has 1 rings (SSSR count). The number of amides is 1. The number of aryl methyl sites for hydroxylation is 1. The molecule has 106 valence electrons. The summed E-state index contributed by atoms with van der Waals surface area (Å²) in [4.78, 5) is 16.2. The van der Waals surface area contributed by atoms with E-state index in [1.54, 1.807) is 7.05 Å². The second-order valence-corrected chi connectivity index (χ2v) is 4.64. The molecule has 0 saturated carbocycles. The summed E-state index contributed by atoms with van der Waals surface area (Å²) in [5.74, 6) is -0.107. The van der Waals surface area contributed by atoms with Crippen LogP contribution in [0.4, 0.5) is 0 Å². The molecule has 0 unspecified atom stereocenters. The molecule has 0 aliphatic rings. The number of benzene rings is 1. The number of aliphatic hydroxyl groups is 1. The lowest BCUT2D eigenvalue weighted by Gasteiger charge is -2.15. The van der Waals surface area contributed by atoms with Crippen molar-refractivity contribution < 1.29 is 14.7 Å². The molecule has 4 heteroatoms. The fourth-order valence-electron chi connectivity index (χ4n) is 1.88.